The molecule has 0 fully saturated rings. The van der Waals surface area contributed by atoms with Gasteiger partial charge >= 0.3 is 0 Å². The molecule has 12 aromatic rings. The van der Waals surface area contributed by atoms with Crippen LogP contribution >= 0.6 is 0 Å². The molecule has 3 heteroatoms. The molecule has 1 aliphatic carbocycles. The Kier molecular flexibility index (Phi) is 7.95. The summed E-state index contributed by atoms with van der Waals surface area (Å²) in [7, 11) is 0. The van der Waals surface area contributed by atoms with Gasteiger partial charge in [-0.3, -0.25) is 9.97 Å². The zero-order valence-corrected chi connectivity index (χ0v) is 35.5. The van der Waals surface area contributed by atoms with Crippen molar-refractivity contribution in [1.29, 1.82) is 0 Å². The van der Waals surface area contributed by atoms with Crippen molar-refractivity contribution in [2.24, 2.45) is 0 Å². The second kappa shape index (κ2) is 13.9. The lowest BCUT2D eigenvalue weighted by molar-refractivity contribution is 0.661. The molecule has 0 radical (unpaired) electrons. The van der Waals surface area contributed by atoms with Crippen LogP contribution in [0.5, 0.6) is 0 Å². The molecule has 0 aliphatic heterocycles. The molecule has 0 bridgehead atoms. The lowest BCUT2D eigenvalue weighted by Gasteiger charge is -2.23. The molecule has 0 saturated carbocycles. The lowest BCUT2D eigenvalue weighted by Crippen LogP contribution is -2.15. The molecular weight excluding hydrogens is 775 g/mol. The van der Waals surface area contributed by atoms with Gasteiger partial charge < -0.3 is 4.57 Å². The van der Waals surface area contributed by atoms with E-state index >= 15 is 0 Å². The first kappa shape index (κ1) is 36.5. The molecule has 0 atom stereocenters. The van der Waals surface area contributed by atoms with Crippen molar-refractivity contribution >= 4 is 54.4 Å². The average molecular weight is 816 g/mol. The van der Waals surface area contributed by atoms with E-state index in [0.29, 0.717) is 0 Å². The number of nitrogens with zero attached hydrogens (tertiary/aromatic N) is 3. The molecule has 300 valence electrons. The zero-order chi connectivity index (χ0) is 42.5. The number of benzene rings is 10. The van der Waals surface area contributed by atoms with Crippen molar-refractivity contribution in [2.75, 3.05) is 0 Å². The molecule has 0 saturated heterocycles. The highest BCUT2D eigenvalue weighted by Gasteiger charge is 2.36. The van der Waals surface area contributed by atoms with Gasteiger partial charge in [0.2, 0.25) is 0 Å². The van der Waals surface area contributed by atoms with Gasteiger partial charge in [0, 0.05) is 45.0 Å². The SMILES string of the molecule is CC1(C)c2cc(-c3cccc(-c4cccc(-c5ccc6c(c5)c5ccccc5n6-c5ccccc5)c4)c3)ccc2-c2ccc(-c3ccc4c(c3)c3ccccc3c3nccnc43)cc21. The highest BCUT2D eigenvalue weighted by atomic mass is 15.0. The van der Waals surface area contributed by atoms with Crippen molar-refractivity contribution in [3.8, 4) is 61.3 Å². The first-order chi connectivity index (χ1) is 31.5. The number of aromatic nitrogens is 3. The van der Waals surface area contributed by atoms with E-state index in [1.54, 1.807) is 12.4 Å². The quantitative estimate of drug-likeness (QED) is 0.162. The molecule has 0 N–H and O–H groups in total. The van der Waals surface area contributed by atoms with Crippen LogP contribution in [0.25, 0.3) is 116 Å². The number of para-hydroxylation sites is 2. The number of fused-ring (bicyclic) bond motifs is 12. The van der Waals surface area contributed by atoms with Crippen molar-refractivity contribution < 1.29 is 0 Å². The highest BCUT2D eigenvalue weighted by molar-refractivity contribution is 6.23. The van der Waals surface area contributed by atoms with E-state index in [2.05, 4.69) is 219 Å². The van der Waals surface area contributed by atoms with Crippen LogP contribution in [-0.2, 0) is 5.41 Å². The fourth-order valence-electron chi connectivity index (χ4n) is 10.7. The highest BCUT2D eigenvalue weighted by Crippen LogP contribution is 2.51. The third kappa shape index (κ3) is 5.54. The predicted octanol–water partition coefficient (Wildman–Crippen LogP) is 16.0. The largest absolute Gasteiger partial charge is 0.309 e. The van der Waals surface area contributed by atoms with E-state index < -0.39 is 0 Å². The summed E-state index contributed by atoms with van der Waals surface area (Å²) >= 11 is 0. The van der Waals surface area contributed by atoms with Crippen LogP contribution in [-0.4, -0.2) is 14.5 Å². The fraction of sp³-hybridized carbons (Fsp3) is 0.0492. The zero-order valence-electron chi connectivity index (χ0n) is 35.5. The summed E-state index contributed by atoms with van der Waals surface area (Å²) in [6.45, 7) is 4.76. The van der Waals surface area contributed by atoms with E-state index in [-0.39, 0.29) is 5.41 Å². The van der Waals surface area contributed by atoms with Gasteiger partial charge in [0.15, 0.2) is 0 Å². The van der Waals surface area contributed by atoms with E-state index in [4.69, 9.17) is 9.97 Å². The Balaban J connectivity index is 0.832. The van der Waals surface area contributed by atoms with Gasteiger partial charge in [0.05, 0.1) is 22.1 Å². The van der Waals surface area contributed by atoms with Crippen LogP contribution in [0.2, 0.25) is 0 Å². The van der Waals surface area contributed by atoms with Gasteiger partial charge in [-0.25, -0.2) is 0 Å². The molecule has 0 spiro atoms. The van der Waals surface area contributed by atoms with Crippen LogP contribution in [0.1, 0.15) is 25.0 Å². The summed E-state index contributed by atoms with van der Waals surface area (Å²) in [5, 5.41) is 7.18. The summed E-state index contributed by atoms with van der Waals surface area (Å²) in [5.74, 6) is 0. The van der Waals surface area contributed by atoms with Crippen molar-refractivity contribution in [3.63, 3.8) is 0 Å². The van der Waals surface area contributed by atoms with E-state index in [1.165, 1.54) is 105 Å². The van der Waals surface area contributed by atoms with Gasteiger partial charge in [-0.05, 0) is 138 Å². The summed E-state index contributed by atoms with van der Waals surface area (Å²) < 4.78 is 2.37. The maximum atomic E-state index is 4.78. The van der Waals surface area contributed by atoms with Crippen LogP contribution in [0.3, 0.4) is 0 Å². The average Bonchev–Trinajstić information content (AvgIpc) is 3.81. The Morgan fingerprint density at radius 1 is 0.328 bits per heavy atom. The van der Waals surface area contributed by atoms with Crippen LogP contribution in [0.4, 0.5) is 0 Å². The van der Waals surface area contributed by atoms with Crippen molar-refractivity contribution in [1.82, 2.24) is 14.5 Å². The lowest BCUT2D eigenvalue weighted by atomic mass is 9.80. The summed E-state index contributed by atoms with van der Waals surface area (Å²) in [6, 6.07) is 73.8. The number of hydrogen-bond donors (Lipinski definition) is 0. The maximum absolute atomic E-state index is 4.78. The van der Waals surface area contributed by atoms with Gasteiger partial charge in [-0.15, -0.1) is 0 Å². The first-order valence-electron chi connectivity index (χ1n) is 22.1. The first-order valence-corrected chi connectivity index (χ1v) is 22.1. The van der Waals surface area contributed by atoms with Crippen LogP contribution in [0, 0.1) is 0 Å². The second-order valence-corrected chi connectivity index (χ2v) is 17.8. The maximum Gasteiger partial charge on any atom is 0.0971 e. The summed E-state index contributed by atoms with van der Waals surface area (Å²) in [6.07, 6.45) is 3.58. The molecule has 64 heavy (non-hydrogen) atoms. The minimum absolute atomic E-state index is 0.174. The van der Waals surface area contributed by atoms with E-state index in [1.807, 2.05) is 0 Å². The molecule has 0 amide bonds. The fourth-order valence-corrected chi connectivity index (χ4v) is 10.7. The summed E-state index contributed by atoms with van der Waals surface area (Å²) in [5.41, 5.74) is 20.4. The molecule has 0 unspecified atom stereocenters. The van der Waals surface area contributed by atoms with Gasteiger partial charge in [-0.1, -0.05) is 153 Å². The second-order valence-electron chi connectivity index (χ2n) is 17.8. The van der Waals surface area contributed by atoms with E-state index in [0.717, 1.165) is 21.8 Å². The Bertz CT molecular complexity index is 3840. The van der Waals surface area contributed by atoms with E-state index in [9.17, 15) is 0 Å². The van der Waals surface area contributed by atoms with Crippen LogP contribution < -0.4 is 0 Å². The van der Waals surface area contributed by atoms with Gasteiger partial charge in [0.25, 0.3) is 0 Å². The standard InChI is InChI=1S/C61H41N3/c1-61(2)55-36-44(22-26-48(55)49-27-23-45(37-56(49)61)42-24-28-52-53(34-42)47-18-6-7-20-51(47)59-60(52)63-31-30-62-59)41-15-11-13-39(33-41)38-12-10-14-40(32-38)43-25-29-58-54(35-43)50-19-8-9-21-57(50)64(58)46-16-4-3-5-17-46/h3-37H,1-2H3. The Morgan fingerprint density at radius 2 is 0.781 bits per heavy atom. The Hall–Kier alpha value is -8.14. The van der Waals surface area contributed by atoms with Crippen molar-refractivity contribution in [2.45, 2.75) is 19.3 Å². The number of rotatable bonds is 5. The summed E-state index contributed by atoms with van der Waals surface area (Å²) in [4.78, 5) is 9.51. The third-order valence-corrected chi connectivity index (χ3v) is 13.9. The van der Waals surface area contributed by atoms with Gasteiger partial charge in [0.1, 0.15) is 0 Å². The molecule has 3 nitrogen and oxygen atoms in total. The Morgan fingerprint density at radius 3 is 1.41 bits per heavy atom. The third-order valence-electron chi connectivity index (χ3n) is 13.9. The smallest absolute Gasteiger partial charge is 0.0971 e. The Labute approximate surface area is 371 Å². The predicted molar refractivity (Wildman–Crippen MR) is 268 cm³/mol. The molecular formula is C61H41N3. The topological polar surface area (TPSA) is 30.7 Å². The monoisotopic (exact) mass is 815 g/mol. The molecule has 1 aliphatic rings. The minimum atomic E-state index is -0.174. The van der Waals surface area contributed by atoms with Crippen molar-refractivity contribution in [3.05, 3.63) is 224 Å². The molecule has 2 aromatic heterocycles. The van der Waals surface area contributed by atoms with Gasteiger partial charge in [-0.2, -0.15) is 0 Å². The number of hydrogen-bond acceptors (Lipinski definition) is 2. The molecule has 10 aromatic carbocycles. The molecule has 2 heterocycles. The minimum Gasteiger partial charge on any atom is -0.309 e. The normalized spacial score (nSPS) is 13.0. The van der Waals surface area contributed by atoms with Crippen LogP contribution in [0.15, 0.2) is 213 Å². The molecule has 13 rings (SSSR count).